The van der Waals surface area contributed by atoms with Crippen LogP contribution in [0, 0.1) is 0 Å². The van der Waals surface area contributed by atoms with Gasteiger partial charge in [0, 0.05) is 10.0 Å². The fraction of sp³-hybridized carbons (Fsp3) is 0.263. The number of fused-ring (bicyclic) bond motifs is 2. The highest BCUT2D eigenvalue weighted by molar-refractivity contribution is 5.85. The lowest BCUT2D eigenvalue weighted by Crippen LogP contribution is -2.11. The Morgan fingerprint density at radius 3 is 2.10 bits per heavy atom. The highest BCUT2D eigenvalue weighted by atomic mass is 35.5. The van der Waals surface area contributed by atoms with Crippen molar-refractivity contribution in [2.24, 2.45) is 0 Å². The topological polar surface area (TPSA) is 12.0 Å². The number of hydrogen-bond donors (Lipinski definition) is 1. The Balaban J connectivity index is 0.00000208. The molecule has 0 atom stereocenters. The fourth-order valence-electron chi connectivity index (χ4n) is 3.01. The van der Waals surface area contributed by atoms with Crippen molar-refractivity contribution in [1.82, 2.24) is 5.32 Å². The second kappa shape index (κ2) is 7.44. The van der Waals surface area contributed by atoms with Gasteiger partial charge in [-0.3, -0.25) is 0 Å². The molecule has 0 aliphatic heterocycles. The lowest BCUT2D eigenvalue weighted by atomic mass is 9.84. The third-order valence-corrected chi connectivity index (χ3v) is 3.98. The smallest absolute Gasteiger partial charge is 0.0391 e. The molecular weight excluding hydrogens is 278 g/mol. The zero-order valence-corrected chi connectivity index (χ0v) is 12.7. The second-order valence-corrected chi connectivity index (χ2v) is 5.21. The highest BCUT2D eigenvalue weighted by Crippen LogP contribution is 2.37. The average Bonchev–Trinajstić information content (AvgIpc) is 2.68. The van der Waals surface area contributed by atoms with Gasteiger partial charge in [-0.25, -0.2) is 0 Å². The van der Waals surface area contributed by atoms with E-state index >= 15 is 0 Å². The third kappa shape index (κ3) is 3.37. The first kappa shape index (κ1) is 12.0. The normalized spacial score (nSPS) is 15.7. The van der Waals surface area contributed by atoms with Gasteiger partial charge >= 0.3 is 0 Å². The zero-order valence-electron chi connectivity index (χ0n) is 14.9. The molecule has 1 N–H and O–H groups in total. The Kier molecular flexibility index (Phi) is 4.26. The van der Waals surface area contributed by atoms with Crippen LogP contribution in [0.1, 0.15) is 45.1 Å². The number of hydrogen-bond acceptors (Lipinski definition) is 1. The van der Waals surface area contributed by atoms with Crippen LogP contribution in [0.5, 0.6) is 0 Å². The second-order valence-electron chi connectivity index (χ2n) is 5.21. The summed E-state index contributed by atoms with van der Waals surface area (Å²) in [5.74, 6) is 0.302. The van der Waals surface area contributed by atoms with E-state index in [1.165, 1.54) is 22.3 Å². The van der Waals surface area contributed by atoms with Crippen LogP contribution in [0.2, 0.25) is 0 Å². The summed E-state index contributed by atoms with van der Waals surface area (Å²) in [6, 6.07) is 16.9. The summed E-state index contributed by atoms with van der Waals surface area (Å²) in [5.41, 5.74) is 5.14. The maximum Gasteiger partial charge on any atom is 0.0391 e. The molecule has 0 spiro atoms. The SMILES string of the molecule is Cl.[2H]C([2H])([2H])NCCCC1c2ccccc2C=Cc2ccccc21. The van der Waals surface area contributed by atoms with Crippen LogP contribution >= 0.6 is 12.4 Å². The summed E-state index contributed by atoms with van der Waals surface area (Å²) in [6.45, 7) is -1.55. The Morgan fingerprint density at radius 2 is 1.52 bits per heavy atom. The molecular formula is C19H22ClN. The number of benzene rings is 2. The minimum Gasteiger partial charge on any atom is -0.320 e. The summed E-state index contributed by atoms with van der Waals surface area (Å²) in [7, 11) is 0. The fourth-order valence-corrected chi connectivity index (χ4v) is 3.01. The van der Waals surface area contributed by atoms with Gasteiger partial charge in [0.2, 0.25) is 0 Å². The molecule has 0 saturated carbocycles. The van der Waals surface area contributed by atoms with Gasteiger partial charge in [0.1, 0.15) is 0 Å². The summed E-state index contributed by atoms with van der Waals surface area (Å²) in [6.07, 6.45) is 6.11. The zero-order chi connectivity index (χ0) is 16.3. The summed E-state index contributed by atoms with van der Waals surface area (Å²) < 4.78 is 21.7. The van der Waals surface area contributed by atoms with E-state index in [2.05, 4.69) is 66.0 Å². The first-order valence-corrected chi connectivity index (χ1v) is 7.15. The predicted molar refractivity (Wildman–Crippen MR) is 94.1 cm³/mol. The Morgan fingerprint density at radius 1 is 0.952 bits per heavy atom. The molecule has 1 aliphatic carbocycles. The van der Waals surface area contributed by atoms with Gasteiger partial charge in [0.25, 0.3) is 0 Å². The lowest BCUT2D eigenvalue weighted by Gasteiger charge is -2.20. The van der Waals surface area contributed by atoms with Crippen molar-refractivity contribution in [3.8, 4) is 0 Å². The van der Waals surface area contributed by atoms with E-state index in [0.29, 0.717) is 12.5 Å². The van der Waals surface area contributed by atoms with E-state index < -0.39 is 6.98 Å². The van der Waals surface area contributed by atoms with E-state index in [-0.39, 0.29) is 12.4 Å². The van der Waals surface area contributed by atoms with Gasteiger partial charge in [-0.15, -0.1) is 12.4 Å². The Bertz CT molecular complexity index is 660. The molecule has 2 aromatic rings. The summed E-state index contributed by atoms with van der Waals surface area (Å²) >= 11 is 0. The van der Waals surface area contributed by atoms with Crippen molar-refractivity contribution < 1.29 is 4.11 Å². The molecule has 0 radical (unpaired) electrons. The molecule has 0 heterocycles. The van der Waals surface area contributed by atoms with Gasteiger partial charge in [0.15, 0.2) is 0 Å². The van der Waals surface area contributed by atoms with Crippen LogP contribution in [-0.2, 0) is 0 Å². The minimum atomic E-state index is -2.05. The van der Waals surface area contributed by atoms with Crippen LogP contribution in [0.3, 0.4) is 0 Å². The van der Waals surface area contributed by atoms with Gasteiger partial charge in [-0.2, -0.15) is 0 Å². The molecule has 0 fully saturated rings. The highest BCUT2D eigenvalue weighted by Gasteiger charge is 2.20. The van der Waals surface area contributed by atoms with Crippen LogP contribution in [0.15, 0.2) is 48.5 Å². The van der Waals surface area contributed by atoms with Crippen molar-refractivity contribution >= 4 is 24.6 Å². The first-order valence-electron chi connectivity index (χ1n) is 8.65. The van der Waals surface area contributed by atoms with Crippen molar-refractivity contribution in [1.29, 1.82) is 0 Å². The van der Waals surface area contributed by atoms with Crippen LogP contribution in [-0.4, -0.2) is 13.5 Å². The minimum absolute atomic E-state index is 0. The molecule has 0 aromatic heterocycles. The first-order chi connectivity index (χ1) is 11.0. The van der Waals surface area contributed by atoms with Gasteiger partial charge in [0.05, 0.1) is 0 Å². The molecule has 110 valence electrons. The predicted octanol–water partition coefficient (Wildman–Crippen LogP) is 4.72. The van der Waals surface area contributed by atoms with E-state index in [1.54, 1.807) is 0 Å². The van der Waals surface area contributed by atoms with E-state index in [4.69, 9.17) is 4.11 Å². The summed E-state index contributed by atoms with van der Waals surface area (Å²) in [5, 5.41) is 2.61. The third-order valence-electron chi connectivity index (χ3n) is 3.98. The molecule has 1 nitrogen and oxygen atoms in total. The van der Waals surface area contributed by atoms with Crippen molar-refractivity contribution in [2.45, 2.75) is 18.8 Å². The molecule has 0 saturated heterocycles. The monoisotopic (exact) mass is 302 g/mol. The molecule has 2 heteroatoms. The molecule has 2 aromatic carbocycles. The number of halogens is 1. The van der Waals surface area contributed by atoms with Crippen molar-refractivity contribution in [2.75, 3.05) is 13.5 Å². The van der Waals surface area contributed by atoms with E-state index in [0.717, 1.165) is 12.8 Å². The van der Waals surface area contributed by atoms with Crippen LogP contribution in [0.25, 0.3) is 12.2 Å². The van der Waals surface area contributed by atoms with Gasteiger partial charge < -0.3 is 5.32 Å². The maximum atomic E-state index is 7.24. The number of rotatable bonds is 4. The molecule has 0 bridgehead atoms. The molecule has 1 aliphatic rings. The lowest BCUT2D eigenvalue weighted by molar-refractivity contribution is 0.628. The van der Waals surface area contributed by atoms with E-state index in [1.807, 2.05) is 0 Å². The van der Waals surface area contributed by atoms with E-state index in [9.17, 15) is 0 Å². The van der Waals surface area contributed by atoms with Gasteiger partial charge in [-0.1, -0.05) is 60.7 Å². The maximum absolute atomic E-state index is 7.24. The molecule has 0 unspecified atom stereocenters. The van der Waals surface area contributed by atoms with Crippen LogP contribution < -0.4 is 5.32 Å². The largest absolute Gasteiger partial charge is 0.320 e. The average molecular weight is 303 g/mol. The quantitative estimate of drug-likeness (QED) is 0.806. The van der Waals surface area contributed by atoms with Crippen molar-refractivity contribution in [3.05, 3.63) is 70.8 Å². The summed E-state index contributed by atoms with van der Waals surface area (Å²) in [4.78, 5) is 0. The standard InChI is InChI=1S/C19H21N.ClH/c1-20-14-6-11-19-17-9-4-2-7-15(17)12-13-16-8-3-5-10-18(16)19;/h2-5,7-10,12-13,19-20H,6,11,14H2,1H3;1H/i1D3;. The molecule has 3 rings (SSSR count). The van der Waals surface area contributed by atoms with Crippen LogP contribution in [0.4, 0.5) is 0 Å². The Labute approximate surface area is 137 Å². The molecule has 0 amide bonds. The Hall–Kier alpha value is -1.57. The van der Waals surface area contributed by atoms with Gasteiger partial charge in [-0.05, 0) is 48.6 Å². The molecule has 21 heavy (non-hydrogen) atoms. The van der Waals surface area contributed by atoms with Crippen molar-refractivity contribution in [3.63, 3.8) is 0 Å². The number of nitrogens with one attached hydrogen (secondary N) is 1.